The molecule has 3 aromatic heterocycles. The van der Waals surface area contributed by atoms with Crippen molar-refractivity contribution >= 4 is 22.8 Å². The molecule has 0 unspecified atom stereocenters. The lowest BCUT2D eigenvalue weighted by atomic mass is 10.3. The van der Waals surface area contributed by atoms with Crippen molar-refractivity contribution in [3.63, 3.8) is 0 Å². The molecule has 0 aromatic carbocycles. The Hall–Kier alpha value is -2.01. The van der Waals surface area contributed by atoms with E-state index < -0.39 is 0 Å². The number of alkyl halides is 1. The second-order valence-corrected chi connectivity index (χ2v) is 4.57. The number of aromatic nitrogens is 5. The van der Waals surface area contributed by atoms with E-state index in [-0.39, 0.29) is 0 Å². The van der Waals surface area contributed by atoms with Gasteiger partial charge in [0.15, 0.2) is 5.65 Å². The van der Waals surface area contributed by atoms with Gasteiger partial charge in [-0.2, -0.15) is 0 Å². The van der Waals surface area contributed by atoms with Gasteiger partial charge in [-0.05, 0) is 24.6 Å². The van der Waals surface area contributed by atoms with E-state index >= 15 is 0 Å². The first-order chi connectivity index (χ1) is 9.28. The van der Waals surface area contributed by atoms with Crippen LogP contribution in [0.3, 0.4) is 0 Å². The van der Waals surface area contributed by atoms with E-state index in [1.165, 1.54) is 6.33 Å². The summed E-state index contributed by atoms with van der Waals surface area (Å²) in [6.07, 6.45) is 5.09. The molecular formula is C13H12ClN5. The zero-order valence-electron chi connectivity index (χ0n) is 10.4. The molecule has 3 rings (SSSR count). The maximum Gasteiger partial charge on any atom is 0.160 e. The third-order valence-corrected chi connectivity index (χ3v) is 3.12. The van der Waals surface area contributed by atoms with Gasteiger partial charge in [-0.3, -0.25) is 0 Å². The van der Waals surface area contributed by atoms with Crippen LogP contribution in [0.5, 0.6) is 0 Å². The Kier molecular flexibility index (Phi) is 3.13. The first kappa shape index (κ1) is 12.0. The maximum absolute atomic E-state index is 5.97. The molecule has 0 atom stereocenters. The molecule has 0 bridgehead atoms. The van der Waals surface area contributed by atoms with Gasteiger partial charge in [0.1, 0.15) is 17.7 Å². The van der Waals surface area contributed by atoms with Crippen LogP contribution in [0.1, 0.15) is 17.1 Å². The van der Waals surface area contributed by atoms with Gasteiger partial charge in [-0.1, -0.05) is 0 Å². The Balaban J connectivity index is 2.11. The second-order valence-electron chi connectivity index (χ2n) is 4.30. The fourth-order valence-electron chi connectivity index (χ4n) is 2.00. The van der Waals surface area contributed by atoms with E-state index in [4.69, 9.17) is 11.6 Å². The van der Waals surface area contributed by atoms with Gasteiger partial charge in [0.25, 0.3) is 0 Å². The lowest BCUT2D eigenvalue weighted by molar-refractivity contribution is 0.747. The molecule has 5 nitrogen and oxygen atoms in total. The van der Waals surface area contributed by atoms with E-state index in [1.54, 1.807) is 6.20 Å². The van der Waals surface area contributed by atoms with Crippen molar-refractivity contribution in [1.29, 1.82) is 0 Å². The Morgan fingerprint density at radius 3 is 2.95 bits per heavy atom. The van der Waals surface area contributed by atoms with Crippen LogP contribution in [0.15, 0.2) is 30.9 Å². The molecule has 3 aromatic rings. The minimum absolute atomic E-state index is 0.348. The van der Waals surface area contributed by atoms with Gasteiger partial charge in [-0.15, -0.1) is 11.6 Å². The second kappa shape index (κ2) is 4.93. The highest BCUT2D eigenvalue weighted by atomic mass is 35.5. The van der Waals surface area contributed by atoms with Gasteiger partial charge in [-0.25, -0.2) is 19.9 Å². The predicted octanol–water partition coefficient (Wildman–Crippen LogP) is 2.32. The fraction of sp³-hybridized carbons (Fsp3) is 0.231. The summed E-state index contributed by atoms with van der Waals surface area (Å²) in [4.78, 5) is 17.1. The molecule has 0 aliphatic rings. The molecule has 0 saturated carbocycles. The molecule has 96 valence electrons. The van der Waals surface area contributed by atoms with Crippen molar-refractivity contribution in [3.05, 3.63) is 47.9 Å². The zero-order chi connectivity index (χ0) is 13.2. The van der Waals surface area contributed by atoms with E-state index in [1.807, 2.05) is 29.8 Å². The van der Waals surface area contributed by atoms with Crippen molar-refractivity contribution in [3.8, 4) is 0 Å². The van der Waals surface area contributed by atoms with E-state index in [9.17, 15) is 0 Å². The highest BCUT2D eigenvalue weighted by Crippen LogP contribution is 2.17. The van der Waals surface area contributed by atoms with Crippen LogP contribution in [0.2, 0.25) is 0 Å². The van der Waals surface area contributed by atoms with Crippen LogP contribution >= 0.6 is 11.6 Å². The number of hydrogen-bond acceptors (Lipinski definition) is 4. The lowest BCUT2D eigenvalue weighted by Crippen LogP contribution is -2.06. The van der Waals surface area contributed by atoms with Crippen molar-refractivity contribution < 1.29 is 0 Å². The number of halogens is 1. The smallest absolute Gasteiger partial charge is 0.160 e. The summed E-state index contributed by atoms with van der Waals surface area (Å²) in [6, 6.07) is 3.88. The Bertz CT molecular complexity index is 708. The van der Waals surface area contributed by atoms with E-state index in [2.05, 4.69) is 19.9 Å². The molecule has 0 amide bonds. The normalized spacial score (nSPS) is 11.1. The van der Waals surface area contributed by atoms with Crippen LogP contribution in [-0.2, 0) is 12.4 Å². The number of rotatable bonds is 3. The topological polar surface area (TPSA) is 56.5 Å². The zero-order valence-corrected chi connectivity index (χ0v) is 11.2. The molecule has 0 saturated heterocycles. The molecule has 19 heavy (non-hydrogen) atoms. The van der Waals surface area contributed by atoms with Crippen LogP contribution in [0, 0.1) is 6.92 Å². The predicted molar refractivity (Wildman–Crippen MR) is 73.0 cm³/mol. The third kappa shape index (κ3) is 2.29. The SMILES string of the molecule is Cc1cnc2c(c1)nc(CCl)n2Cc1ccncn1. The fourth-order valence-corrected chi connectivity index (χ4v) is 2.20. The van der Waals surface area contributed by atoms with Crippen LogP contribution in [0.25, 0.3) is 11.2 Å². The van der Waals surface area contributed by atoms with Crippen LogP contribution < -0.4 is 0 Å². The van der Waals surface area contributed by atoms with Gasteiger partial charge in [0.2, 0.25) is 0 Å². The molecule has 6 heteroatoms. The molecule has 0 fully saturated rings. The summed E-state index contributed by atoms with van der Waals surface area (Å²) in [5.74, 6) is 1.15. The number of nitrogens with zero attached hydrogens (tertiary/aromatic N) is 5. The minimum Gasteiger partial charge on any atom is -0.306 e. The standard InChI is InChI=1S/C13H12ClN5/c1-9-4-11-13(16-6-9)19(12(5-14)18-11)7-10-2-3-15-8-17-10/h2-4,6,8H,5,7H2,1H3. The molecule has 0 aliphatic carbocycles. The summed E-state index contributed by atoms with van der Waals surface area (Å²) < 4.78 is 1.99. The van der Waals surface area contributed by atoms with Gasteiger partial charge < -0.3 is 4.57 Å². The lowest BCUT2D eigenvalue weighted by Gasteiger charge is -2.06. The first-order valence-corrected chi connectivity index (χ1v) is 6.44. The summed E-state index contributed by atoms with van der Waals surface area (Å²) in [5.41, 5.74) is 3.69. The van der Waals surface area contributed by atoms with E-state index in [0.29, 0.717) is 12.4 Å². The van der Waals surface area contributed by atoms with Gasteiger partial charge in [0.05, 0.1) is 18.1 Å². The van der Waals surface area contributed by atoms with Crippen LogP contribution in [0.4, 0.5) is 0 Å². The minimum atomic E-state index is 0.348. The average Bonchev–Trinajstić information content (AvgIpc) is 2.77. The molecule has 3 heterocycles. The number of aryl methyl sites for hydroxylation is 1. The summed E-state index contributed by atoms with van der Waals surface area (Å²) in [7, 11) is 0. The molecule has 0 spiro atoms. The maximum atomic E-state index is 5.97. The molecule has 0 N–H and O–H groups in total. The number of hydrogen-bond donors (Lipinski definition) is 0. The molecule has 0 radical (unpaired) electrons. The highest BCUT2D eigenvalue weighted by Gasteiger charge is 2.12. The number of fused-ring (bicyclic) bond motifs is 1. The number of pyridine rings is 1. The summed E-state index contributed by atoms with van der Waals surface area (Å²) >= 11 is 5.97. The first-order valence-electron chi connectivity index (χ1n) is 5.90. The average molecular weight is 274 g/mol. The number of imidazole rings is 1. The third-order valence-electron chi connectivity index (χ3n) is 2.88. The van der Waals surface area contributed by atoms with Crippen molar-refractivity contribution in [2.75, 3.05) is 0 Å². The quantitative estimate of drug-likeness (QED) is 0.687. The van der Waals surface area contributed by atoms with Crippen molar-refractivity contribution in [2.45, 2.75) is 19.3 Å². The van der Waals surface area contributed by atoms with Gasteiger partial charge >= 0.3 is 0 Å². The van der Waals surface area contributed by atoms with Crippen molar-refractivity contribution in [2.24, 2.45) is 0 Å². The summed E-state index contributed by atoms with van der Waals surface area (Å²) in [6.45, 7) is 2.59. The van der Waals surface area contributed by atoms with E-state index in [0.717, 1.165) is 28.2 Å². The Morgan fingerprint density at radius 1 is 1.32 bits per heavy atom. The highest BCUT2D eigenvalue weighted by molar-refractivity contribution is 6.16. The molecular weight excluding hydrogens is 262 g/mol. The summed E-state index contributed by atoms with van der Waals surface area (Å²) in [5, 5.41) is 0. The monoisotopic (exact) mass is 273 g/mol. The Labute approximate surface area is 115 Å². The van der Waals surface area contributed by atoms with Gasteiger partial charge in [0, 0.05) is 12.4 Å². The van der Waals surface area contributed by atoms with Crippen LogP contribution in [-0.4, -0.2) is 24.5 Å². The molecule has 0 aliphatic heterocycles. The van der Waals surface area contributed by atoms with Crippen molar-refractivity contribution in [1.82, 2.24) is 24.5 Å². The Morgan fingerprint density at radius 2 is 2.21 bits per heavy atom. The largest absolute Gasteiger partial charge is 0.306 e.